The zero-order chi connectivity index (χ0) is 13.2. The van der Waals surface area contributed by atoms with Crippen LogP contribution in [0.15, 0.2) is 58.3 Å². The largest absolute Gasteiger partial charge is 0.320 e. The van der Waals surface area contributed by atoms with Crippen LogP contribution in [0.1, 0.15) is 11.1 Å². The summed E-state index contributed by atoms with van der Waals surface area (Å²) >= 11 is 1.51. The van der Waals surface area contributed by atoms with Crippen LogP contribution < -0.4 is 5.32 Å². The van der Waals surface area contributed by atoms with Crippen molar-refractivity contribution in [2.75, 3.05) is 5.32 Å². The number of benzene rings is 2. The van der Waals surface area contributed by atoms with Gasteiger partial charge in [-0.3, -0.25) is 4.79 Å². The van der Waals surface area contributed by atoms with Crippen LogP contribution >= 0.6 is 11.8 Å². The Bertz CT molecular complexity index is 659. The molecule has 0 aliphatic carbocycles. The van der Waals surface area contributed by atoms with Gasteiger partial charge in [0.2, 0.25) is 0 Å². The van der Waals surface area contributed by atoms with Crippen molar-refractivity contribution in [1.82, 2.24) is 0 Å². The second-order valence-electron chi connectivity index (χ2n) is 4.47. The van der Waals surface area contributed by atoms with E-state index >= 15 is 0 Å². The summed E-state index contributed by atoms with van der Waals surface area (Å²) in [5, 5.41) is 2.91. The molecule has 2 aromatic carbocycles. The second kappa shape index (κ2) is 4.94. The van der Waals surface area contributed by atoms with Gasteiger partial charge in [0.05, 0.1) is 10.6 Å². The van der Waals surface area contributed by atoms with Crippen LogP contribution in [0.5, 0.6) is 0 Å². The van der Waals surface area contributed by atoms with E-state index in [-0.39, 0.29) is 5.91 Å². The Kier molecular flexibility index (Phi) is 3.13. The maximum atomic E-state index is 12.0. The lowest BCUT2D eigenvalue weighted by Gasteiger charge is -2.18. The molecule has 0 spiro atoms. The number of carbonyl (C=O) groups excluding carboxylic acids is 1. The zero-order valence-electron chi connectivity index (χ0n) is 10.5. The molecular weight excluding hydrogens is 254 g/mol. The van der Waals surface area contributed by atoms with E-state index < -0.39 is 0 Å². The Morgan fingerprint density at radius 2 is 1.79 bits per heavy atom. The van der Waals surface area contributed by atoms with Crippen molar-refractivity contribution in [2.45, 2.75) is 11.8 Å². The molecular formula is C16H13NOS. The monoisotopic (exact) mass is 267 g/mol. The number of aryl methyl sites for hydroxylation is 1. The first-order chi connectivity index (χ1) is 9.22. The topological polar surface area (TPSA) is 29.1 Å². The molecule has 1 aliphatic rings. The molecule has 94 valence electrons. The first-order valence-corrected chi connectivity index (χ1v) is 6.90. The van der Waals surface area contributed by atoms with Gasteiger partial charge in [-0.2, -0.15) is 0 Å². The molecule has 3 heteroatoms. The summed E-state index contributed by atoms with van der Waals surface area (Å²) in [6.45, 7) is 2.05. The number of nitrogens with one attached hydrogen (secondary N) is 1. The fourth-order valence-corrected chi connectivity index (χ4v) is 2.87. The highest BCUT2D eigenvalue weighted by Crippen LogP contribution is 2.38. The van der Waals surface area contributed by atoms with Crippen LogP contribution in [0.3, 0.4) is 0 Å². The van der Waals surface area contributed by atoms with Crippen LogP contribution in [0.25, 0.3) is 6.08 Å². The molecule has 0 saturated carbocycles. The van der Waals surface area contributed by atoms with Gasteiger partial charge < -0.3 is 5.32 Å². The first-order valence-electron chi connectivity index (χ1n) is 6.09. The predicted molar refractivity (Wildman–Crippen MR) is 80.1 cm³/mol. The van der Waals surface area contributed by atoms with Crippen LogP contribution in [-0.4, -0.2) is 5.91 Å². The molecule has 1 aliphatic heterocycles. The molecule has 0 aromatic heterocycles. The smallest absolute Gasteiger partial charge is 0.262 e. The molecule has 1 N–H and O–H groups in total. The fourth-order valence-electron chi connectivity index (χ4n) is 1.92. The fraction of sp³-hybridized carbons (Fsp3) is 0.0625. The molecule has 3 rings (SSSR count). The summed E-state index contributed by atoms with van der Waals surface area (Å²) < 4.78 is 0. The van der Waals surface area contributed by atoms with Crippen molar-refractivity contribution in [2.24, 2.45) is 0 Å². The minimum absolute atomic E-state index is 0.0377. The third kappa shape index (κ3) is 2.56. The van der Waals surface area contributed by atoms with Gasteiger partial charge in [-0.1, -0.05) is 53.7 Å². The van der Waals surface area contributed by atoms with Crippen molar-refractivity contribution < 1.29 is 4.79 Å². The second-order valence-corrected chi connectivity index (χ2v) is 5.56. The highest BCUT2D eigenvalue weighted by atomic mass is 32.2. The van der Waals surface area contributed by atoms with Gasteiger partial charge in [-0.25, -0.2) is 0 Å². The van der Waals surface area contributed by atoms with Crippen LogP contribution in [0.4, 0.5) is 5.69 Å². The third-order valence-electron chi connectivity index (χ3n) is 2.95. The number of hydrogen-bond donors (Lipinski definition) is 1. The molecule has 1 heterocycles. The number of hydrogen-bond acceptors (Lipinski definition) is 2. The van der Waals surface area contributed by atoms with E-state index in [1.165, 1.54) is 17.3 Å². The van der Waals surface area contributed by atoms with E-state index in [1.807, 2.05) is 54.6 Å². The van der Waals surface area contributed by atoms with Gasteiger partial charge in [0, 0.05) is 4.90 Å². The Hall–Kier alpha value is -2.00. The van der Waals surface area contributed by atoms with Gasteiger partial charge in [-0.15, -0.1) is 0 Å². The standard InChI is InChI=1S/C16H13NOS/c1-11-6-8-12(9-7-11)10-15-16(18)17-13-4-2-3-5-14(13)19-15/h2-10H,1H3,(H,17,18)/b15-10-. The number of carbonyl (C=O) groups is 1. The van der Waals surface area contributed by atoms with Crippen LogP contribution in [0.2, 0.25) is 0 Å². The maximum absolute atomic E-state index is 12.0. The van der Waals surface area contributed by atoms with Crippen molar-refractivity contribution >= 4 is 29.4 Å². The van der Waals surface area contributed by atoms with E-state index in [2.05, 4.69) is 12.2 Å². The minimum Gasteiger partial charge on any atom is -0.320 e. The van der Waals surface area contributed by atoms with E-state index in [4.69, 9.17) is 0 Å². The van der Waals surface area contributed by atoms with Gasteiger partial charge in [-0.05, 0) is 30.7 Å². The van der Waals surface area contributed by atoms with E-state index in [1.54, 1.807) is 0 Å². The van der Waals surface area contributed by atoms with E-state index in [9.17, 15) is 4.79 Å². The summed E-state index contributed by atoms with van der Waals surface area (Å²) in [7, 11) is 0. The molecule has 2 aromatic rings. The molecule has 2 nitrogen and oxygen atoms in total. The van der Waals surface area contributed by atoms with Crippen LogP contribution in [-0.2, 0) is 4.79 Å². The lowest BCUT2D eigenvalue weighted by atomic mass is 10.1. The molecule has 0 saturated heterocycles. The summed E-state index contributed by atoms with van der Waals surface area (Å²) in [5.74, 6) is -0.0377. The maximum Gasteiger partial charge on any atom is 0.262 e. The van der Waals surface area contributed by atoms with E-state index in [0.717, 1.165) is 21.1 Å². The van der Waals surface area contributed by atoms with Crippen molar-refractivity contribution in [3.63, 3.8) is 0 Å². The summed E-state index contributed by atoms with van der Waals surface area (Å²) in [6.07, 6.45) is 1.93. The highest BCUT2D eigenvalue weighted by Gasteiger charge is 2.20. The number of fused-ring (bicyclic) bond motifs is 1. The number of anilines is 1. The summed E-state index contributed by atoms with van der Waals surface area (Å²) in [5.41, 5.74) is 3.15. The highest BCUT2D eigenvalue weighted by molar-refractivity contribution is 8.04. The van der Waals surface area contributed by atoms with Crippen LogP contribution in [0, 0.1) is 6.92 Å². The molecule has 0 atom stereocenters. The van der Waals surface area contributed by atoms with Crippen molar-refractivity contribution in [3.05, 3.63) is 64.6 Å². The molecule has 0 fully saturated rings. The SMILES string of the molecule is Cc1ccc(/C=C2\Sc3ccccc3NC2=O)cc1. The van der Waals surface area contributed by atoms with Gasteiger partial charge >= 0.3 is 0 Å². The lowest BCUT2D eigenvalue weighted by molar-refractivity contribution is -0.112. The number of thioether (sulfide) groups is 1. The Morgan fingerprint density at radius 1 is 1.05 bits per heavy atom. The number of amides is 1. The Labute approximate surface area is 116 Å². The van der Waals surface area contributed by atoms with Crippen molar-refractivity contribution in [1.29, 1.82) is 0 Å². The quantitative estimate of drug-likeness (QED) is 0.789. The average Bonchev–Trinajstić information content (AvgIpc) is 2.42. The molecule has 0 unspecified atom stereocenters. The summed E-state index contributed by atoms with van der Waals surface area (Å²) in [4.78, 5) is 13.8. The predicted octanol–water partition coefficient (Wildman–Crippen LogP) is 4.08. The number of para-hydroxylation sites is 1. The summed E-state index contributed by atoms with van der Waals surface area (Å²) in [6, 6.07) is 16.0. The third-order valence-corrected chi connectivity index (χ3v) is 4.05. The average molecular weight is 267 g/mol. The van der Waals surface area contributed by atoms with E-state index in [0.29, 0.717) is 0 Å². The molecule has 0 radical (unpaired) electrons. The molecule has 1 amide bonds. The normalized spacial score (nSPS) is 16.1. The Morgan fingerprint density at radius 3 is 2.58 bits per heavy atom. The zero-order valence-corrected chi connectivity index (χ0v) is 11.3. The minimum atomic E-state index is -0.0377. The van der Waals surface area contributed by atoms with Gasteiger partial charge in [0.1, 0.15) is 0 Å². The Balaban J connectivity index is 1.94. The van der Waals surface area contributed by atoms with Crippen molar-refractivity contribution in [3.8, 4) is 0 Å². The van der Waals surface area contributed by atoms with Gasteiger partial charge in [0.25, 0.3) is 5.91 Å². The number of rotatable bonds is 1. The first kappa shape index (κ1) is 12.1. The molecule has 0 bridgehead atoms. The lowest BCUT2D eigenvalue weighted by Crippen LogP contribution is -2.16. The van der Waals surface area contributed by atoms with Gasteiger partial charge in [0.15, 0.2) is 0 Å². The molecule has 19 heavy (non-hydrogen) atoms.